The summed E-state index contributed by atoms with van der Waals surface area (Å²) in [5.41, 5.74) is 13.0. The lowest BCUT2D eigenvalue weighted by atomic mass is 10.0. The van der Waals surface area contributed by atoms with Gasteiger partial charge in [0.25, 0.3) is 0 Å². The molecule has 0 unspecified atom stereocenters. The average molecular weight is 517 g/mol. The molecule has 5 N–H and O–H groups in total. The highest BCUT2D eigenvalue weighted by molar-refractivity contribution is 7.92. The quantitative estimate of drug-likeness (QED) is 0.326. The number of rotatable bonds is 7. The molecule has 0 saturated heterocycles. The number of nitrogens with zero attached hydrogens (tertiary/aromatic N) is 3. The van der Waals surface area contributed by atoms with Crippen LogP contribution >= 0.6 is 11.6 Å². The van der Waals surface area contributed by atoms with Crippen molar-refractivity contribution >= 4 is 49.9 Å². The number of nitrogens with one attached hydrogen (secondary N) is 1. The van der Waals surface area contributed by atoms with E-state index in [0.717, 1.165) is 0 Å². The number of nitrogens with two attached hydrogens (primary N) is 2. The summed E-state index contributed by atoms with van der Waals surface area (Å²) >= 11 is 6.34. The molecule has 2 heterocycles. The number of aromatic nitrogens is 3. The van der Waals surface area contributed by atoms with Crippen LogP contribution in [0.5, 0.6) is 5.75 Å². The fourth-order valence-electron chi connectivity index (χ4n) is 3.57. The predicted molar refractivity (Wildman–Crippen MR) is 136 cm³/mol. The predicted octanol–water partition coefficient (Wildman–Crippen LogP) is 4.48. The van der Waals surface area contributed by atoms with E-state index in [-0.39, 0.29) is 27.8 Å². The van der Waals surface area contributed by atoms with E-state index >= 15 is 4.39 Å². The van der Waals surface area contributed by atoms with Crippen LogP contribution in [0, 0.1) is 5.82 Å². The van der Waals surface area contributed by atoms with Crippen molar-refractivity contribution in [2.24, 2.45) is 0 Å². The van der Waals surface area contributed by atoms with E-state index < -0.39 is 15.8 Å². The van der Waals surface area contributed by atoms with Gasteiger partial charge < -0.3 is 16.2 Å². The Labute approximate surface area is 206 Å². The van der Waals surface area contributed by atoms with Crippen molar-refractivity contribution in [3.63, 3.8) is 0 Å². The Hall–Kier alpha value is -3.70. The summed E-state index contributed by atoms with van der Waals surface area (Å²) in [6.07, 6.45) is 1.91. The van der Waals surface area contributed by atoms with E-state index in [1.54, 1.807) is 31.2 Å². The fourth-order valence-corrected chi connectivity index (χ4v) is 4.96. The third-order valence-corrected chi connectivity index (χ3v) is 6.97. The molecule has 2 aromatic carbocycles. The zero-order chi connectivity index (χ0) is 25.3. The van der Waals surface area contributed by atoms with Gasteiger partial charge in [0.2, 0.25) is 10.0 Å². The number of methoxy groups -OCH3 is 1. The Kier molecular flexibility index (Phi) is 6.64. The number of sulfonamides is 1. The van der Waals surface area contributed by atoms with Crippen LogP contribution < -0.4 is 20.9 Å². The van der Waals surface area contributed by atoms with E-state index in [4.69, 9.17) is 27.8 Å². The highest BCUT2D eigenvalue weighted by atomic mass is 35.5. The standard InChI is InChI=1S/C23H22ClFN6O3S/c1-3-8-35(32,33)31-16-6-5-15(24)19(20(16)25)13-9-14-21(17(10-13)34-2)29-23(30-22(14)27)12-4-7-18(26)28-11-12/h4-7,9-11,31H,3,8H2,1-2H3,(H2,26,28)(H2,27,29,30). The lowest BCUT2D eigenvalue weighted by Gasteiger charge is -2.15. The molecule has 2 aromatic heterocycles. The number of fused-ring (bicyclic) bond motifs is 1. The third kappa shape index (κ3) is 4.91. The minimum atomic E-state index is -3.72. The number of benzene rings is 2. The smallest absolute Gasteiger partial charge is 0.232 e. The number of nitrogen functional groups attached to an aromatic ring is 2. The molecule has 0 radical (unpaired) electrons. The summed E-state index contributed by atoms with van der Waals surface area (Å²) in [5.74, 6) is 0.103. The molecule has 0 aliphatic carbocycles. The van der Waals surface area contributed by atoms with Crippen LogP contribution in [0.2, 0.25) is 5.02 Å². The van der Waals surface area contributed by atoms with E-state index in [2.05, 4.69) is 19.7 Å². The molecule has 9 nitrogen and oxygen atoms in total. The molecule has 182 valence electrons. The van der Waals surface area contributed by atoms with Gasteiger partial charge in [-0.1, -0.05) is 18.5 Å². The number of hydrogen-bond acceptors (Lipinski definition) is 8. The minimum Gasteiger partial charge on any atom is -0.494 e. The van der Waals surface area contributed by atoms with Gasteiger partial charge in [-0.2, -0.15) is 0 Å². The lowest BCUT2D eigenvalue weighted by molar-refractivity contribution is 0.419. The van der Waals surface area contributed by atoms with Gasteiger partial charge >= 0.3 is 0 Å². The van der Waals surface area contributed by atoms with Crippen molar-refractivity contribution in [2.45, 2.75) is 13.3 Å². The largest absolute Gasteiger partial charge is 0.494 e. The summed E-state index contributed by atoms with van der Waals surface area (Å²) in [5, 5.41) is 0.477. The molecule has 0 spiro atoms. The normalized spacial score (nSPS) is 11.5. The Morgan fingerprint density at radius 2 is 1.89 bits per heavy atom. The van der Waals surface area contributed by atoms with Crippen LogP contribution in [0.4, 0.5) is 21.7 Å². The maximum absolute atomic E-state index is 15.5. The summed E-state index contributed by atoms with van der Waals surface area (Å²) in [7, 11) is -2.28. The van der Waals surface area contributed by atoms with Crippen LogP contribution in [0.1, 0.15) is 13.3 Å². The van der Waals surface area contributed by atoms with E-state index in [0.29, 0.717) is 45.8 Å². The molecular weight excluding hydrogens is 495 g/mol. The number of anilines is 3. The zero-order valence-corrected chi connectivity index (χ0v) is 20.4. The van der Waals surface area contributed by atoms with Crippen molar-refractivity contribution in [3.05, 3.63) is 53.4 Å². The highest BCUT2D eigenvalue weighted by Gasteiger charge is 2.21. The molecule has 0 fully saturated rings. The summed E-state index contributed by atoms with van der Waals surface area (Å²) < 4.78 is 47.7. The topological polar surface area (TPSA) is 146 Å². The zero-order valence-electron chi connectivity index (χ0n) is 18.8. The van der Waals surface area contributed by atoms with E-state index in [9.17, 15) is 8.42 Å². The fraction of sp³-hybridized carbons (Fsp3) is 0.174. The van der Waals surface area contributed by atoms with Gasteiger partial charge in [-0.25, -0.2) is 27.8 Å². The van der Waals surface area contributed by atoms with E-state index in [1.807, 2.05) is 0 Å². The highest BCUT2D eigenvalue weighted by Crippen LogP contribution is 2.40. The number of ether oxygens (including phenoxy) is 1. The van der Waals surface area contributed by atoms with Gasteiger partial charge in [0.15, 0.2) is 11.6 Å². The van der Waals surface area contributed by atoms with Crippen molar-refractivity contribution in [1.82, 2.24) is 15.0 Å². The number of hydrogen-bond donors (Lipinski definition) is 3. The molecule has 4 aromatic rings. The van der Waals surface area contributed by atoms with Crippen molar-refractivity contribution in [1.29, 1.82) is 0 Å². The average Bonchev–Trinajstić information content (AvgIpc) is 2.81. The summed E-state index contributed by atoms with van der Waals surface area (Å²) in [4.78, 5) is 13.0. The molecule has 0 aliphatic heterocycles. The first-order valence-electron chi connectivity index (χ1n) is 10.5. The second-order valence-electron chi connectivity index (χ2n) is 7.68. The number of halogens is 2. The summed E-state index contributed by atoms with van der Waals surface area (Å²) in [6, 6.07) is 9.14. The van der Waals surface area contributed by atoms with Gasteiger partial charge in [0.05, 0.1) is 23.6 Å². The van der Waals surface area contributed by atoms with Gasteiger partial charge in [0.1, 0.15) is 22.9 Å². The first-order chi connectivity index (χ1) is 16.6. The Bertz CT molecular complexity index is 1530. The van der Waals surface area contributed by atoms with Crippen LogP contribution in [0.15, 0.2) is 42.6 Å². The molecule has 12 heteroatoms. The first kappa shape index (κ1) is 24.4. The van der Waals surface area contributed by atoms with Crippen LogP contribution in [0.25, 0.3) is 33.4 Å². The SMILES string of the molecule is CCCS(=O)(=O)Nc1ccc(Cl)c(-c2cc(OC)c3nc(-c4ccc(N)nc4)nc(N)c3c2)c1F. The van der Waals surface area contributed by atoms with Crippen LogP contribution in [-0.4, -0.2) is 36.2 Å². The maximum atomic E-state index is 15.5. The minimum absolute atomic E-state index is 0.0187. The van der Waals surface area contributed by atoms with Crippen molar-refractivity contribution < 1.29 is 17.5 Å². The number of pyridine rings is 1. The lowest BCUT2D eigenvalue weighted by Crippen LogP contribution is -2.17. The molecule has 0 atom stereocenters. The first-order valence-corrected chi connectivity index (χ1v) is 12.5. The van der Waals surface area contributed by atoms with E-state index in [1.165, 1.54) is 25.4 Å². The maximum Gasteiger partial charge on any atom is 0.232 e. The molecule has 4 rings (SSSR count). The second kappa shape index (κ2) is 9.51. The second-order valence-corrected chi connectivity index (χ2v) is 9.93. The third-order valence-electron chi connectivity index (χ3n) is 5.18. The Balaban J connectivity index is 1.88. The molecule has 0 aliphatic rings. The molecule has 35 heavy (non-hydrogen) atoms. The van der Waals surface area contributed by atoms with Crippen molar-refractivity contribution in [2.75, 3.05) is 29.1 Å². The van der Waals surface area contributed by atoms with Gasteiger partial charge in [-0.3, -0.25) is 4.72 Å². The van der Waals surface area contributed by atoms with Gasteiger partial charge in [-0.05, 0) is 48.4 Å². The Morgan fingerprint density at radius 3 is 2.54 bits per heavy atom. The van der Waals surface area contributed by atoms with Crippen LogP contribution in [-0.2, 0) is 10.0 Å². The van der Waals surface area contributed by atoms with Crippen LogP contribution in [0.3, 0.4) is 0 Å². The molecule has 0 saturated carbocycles. The van der Waals surface area contributed by atoms with Crippen molar-refractivity contribution in [3.8, 4) is 28.3 Å². The monoisotopic (exact) mass is 516 g/mol. The molecule has 0 amide bonds. The van der Waals surface area contributed by atoms with Gasteiger partial charge in [-0.15, -0.1) is 0 Å². The molecule has 0 bridgehead atoms. The Morgan fingerprint density at radius 1 is 1.11 bits per heavy atom. The summed E-state index contributed by atoms with van der Waals surface area (Å²) in [6.45, 7) is 1.71. The molecular formula is C23H22ClFN6O3S. The van der Waals surface area contributed by atoms with Gasteiger partial charge in [0, 0.05) is 22.7 Å².